The normalized spacial score (nSPS) is 17.0. The summed E-state index contributed by atoms with van der Waals surface area (Å²) in [5.74, 6) is 1.03. The lowest BCUT2D eigenvalue weighted by molar-refractivity contribution is -0.142. The van der Waals surface area contributed by atoms with Crippen LogP contribution in [0.15, 0.2) is 47.1 Å². The number of nitrogens with zero attached hydrogens (tertiary/aromatic N) is 6. The lowest BCUT2D eigenvalue weighted by Gasteiger charge is -2.32. The SMILES string of the molecule is COc1ccc(-c2nnn(CC(=O)N(CCCN3CCOCC3)[C@H](C(=O)NC3CCCC3)c3ccco3)n2)cc1. The van der Waals surface area contributed by atoms with Crippen molar-refractivity contribution in [3.05, 3.63) is 48.4 Å². The second kappa shape index (κ2) is 13.5. The van der Waals surface area contributed by atoms with Crippen molar-refractivity contribution >= 4 is 11.8 Å². The van der Waals surface area contributed by atoms with E-state index in [1.54, 1.807) is 24.1 Å². The molecule has 2 aromatic heterocycles. The molecule has 1 atom stereocenters. The first-order valence-electron chi connectivity index (χ1n) is 14.0. The van der Waals surface area contributed by atoms with Crippen LogP contribution in [0.25, 0.3) is 11.4 Å². The molecule has 3 aromatic rings. The van der Waals surface area contributed by atoms with E-state index in [-0.39, 0.29) is 24.4 Å². The van der Waals surface area contributed by atoms with E-state index in [4.69, 9.17) is 13.9 Å². The second-order valence-electron chi connectivity index (χ2n) is 10.2. The number of hydrogen-bond acceptors (Lipinski definition) is 9. The number of benzene rings is 1. The maximum Gasteiger partial charge on any atom is 0.250 e. The van der Waals surface area contributed by atoms with Crippen molar-refractivity contribution in [1.29, 1.82) is 0 Å². The summed E-state index contributed by atoms with van der Waals surface area (Å²) in [5.41, 5.74) is 0.756. The molecule has 1 N–H and O–H groups in total. The van der Waals surface area contributed by atoms with E-state index in [2.05, 4.69) is 25.6 Å². The van der Waals surface area contributed by atoms with E-state index < -0.39 is 6.04 Å². The Morgan fingerprint density at radius 1 is 1.15 bits per heavy atom. The third kappa shape index (κ3) is 7.05. The molecule has 1 aromatic carbocycles. The highest BCUT2D eigenvalue weighted by atomic mass is 16.5. The number of amides is 2. The smallest absolute Gasteiger partial charge is 0.250 e. The van der Waals surface area contributed by atoms with E-state index in [0.717, 1.165) is 56.6 Å². The molecule has 1 saturated heterocycles. The van der Waals surface area contributed by atoms with Crippen LogP contribution < -0.4 is 10.1 Å². The van der Waals surface area contributed by atoms with Gasteiger partial charge in [-0.1, -0.05) is 12.8 Å². The van der Waals surface area contributed by atoms with Crippen molar-refractivity contribution in [2.24, 2.45) is 0 Å². The van der Waals surface area contributed by atoms with Crippen LogP contribution in [-0.4, -0.2) is 94.4 Å². The number of carbonyl (C=O) groups excluding carboxylic acids is 2. The minimum atomic E-state index is -0.891. The Labute approximate surface area is 233 Å². The summed E-state index contributed by atoms with van der Waals surface area (Å²) < 4.78 is 16.4. The molecule has 1 aliphatic heterocycles. The third-order valence-electron chi connectivity index (χ3n) is 7.45. The van der Waals surface area contributed by atoms with Gasteiger partial charge in [-0.05, 0) is 60.9 Å². The highest BCUT2D eigenvalue weighted by Gasteiger charge is 2.35. The van der Waals surface area contributed by atoms with Crippen LogP contribution in [0.5, 0.6) is 5.75 Å². The van der Waals surface area contributed by atoms with Gasteiger partial charge in [0.2, 0.25) is 11.7 Å². The zero-order valence-corrected chi connectivity index (χ0v) is 22.9. The summed E-state index contributed by atoms with van der Waals surface area (Å²) in [6.07, 6.45) is 6.29. The molecule has 12 nitrogen and oxygen atoms in total. The van der Waals surface area contributed by atoms with Crippen molar-refractivity contribution in [2.45, 2.75) is 50.7 Å². The quantitative estimate of drug-likeness (QED) is 0.361. The largest absolute Gasteiger partial charge is 0.497 e. The van der Waals surface area contributed by atoms with Crippen LogP contribution in [0.1, 0.15) is 43.9 Å². The highest BCUT2D eigenvalue weighted by molar-refractivity contribution is 5.88. The van der Waals surface area contributed by atoms with E-state index >= 15 is 0 Å². The van der Waals surface area contributed by atoms with E-state index in [1.807, 2.05) is 24.3 Å². The molecule has 2 amide bonds. The lowest BCUT2D eigenvalue weighted by Crippen LogP contribution is -2.48. The number of morpholine rings is 1. The Kier molecular flexibility index (Phi) is 9.40. The number of ether oxygens (including phenoxy) is 2. The first kappa shape index (κ1) is 27.8. The van der Waals surface area contributed by atoms with Gasteiger partial charge in [-0.2, -0.15) is 4.80 Å². The molecule has 40 heavy (non-hydrogen) atoms. The Bertz CT molecular complexity index is 1220. The Balaban J connectivity index is 1.34. The van der Waals surface area contributed by atoms with Gasteiger partial charge in [0.1, 0.15) is 18.1 Å². The summed E-state index contributed by atoms with van der Waals surface area (Å²) >= 11 is 0. The average Bonchev–Trinajstić information content (AvgIpc) is 3.77. The number of carbonyl (C=O) groups is 2. The van der Waals surface area contributed by atoms with Crippen LogP contribution in [0, 0.1) is 0 Å². The fraction of sp³-hybridized carbons (Fsp3) is 0.536. The number of tetrazole rings is 1. The third-order valence-corrected chi connectivity index (χ3v) is 7.45. The van der Waals surface area contributed by atoms with Crippen LogP contribution in [0.2, 0.25) is 0 Å². The molecule has 0 unspecified atom stereocenters. The predicted molar refractivity (Wildman–Crippen MR) is 145 cm³/mol. The van der Waals surface area contributed by atoms with E-state index in [0.29, 0.717) is 37.8 Å². The summed E-state index contributed by atoms with van der Waals surface area (Å²) in [7, 11) is 1.60. The second-order valence-corrected chi connectivity index (χ2v) is 10.2. The van der Waals surface area contributed by atoms with Gasteiger partial charge in [0, 0.05) is 37.8 Å². The molecule has 0 bridgehead atoms. The summed E-state index contributed by atoms with van der Waals surface area (Å²) in [5, 5.41) is 15.8. The van der Waals surface area contributed by atoms with Gasteiger partial charge in [0.05, 0.1) is 26.6 Å². The highest BCUT2D eigenvalue weighted by Crippen LogP contribution is 2.26. The minimum Gasteiger partial charge on any atom is -0.497 e. The summed E-state index contributed by atoms with van der Waals surface area (Å²) in [6, 6.07) is 10.00. The molecule has 0 radical (unpaired) electrons. The van der Waals surface area contributed by atoms with Crippen molar-refractivity contribution in [3.8, 4) is 17.1 Å². The predicted octanol–water partition coefficient (Wildman–Crippen LogP) is 2.29. The lowest BCUT2D eigenvalue weighted by atomic mass is 10.1. The summed E-state index contributed by atoms with van der Waals surface area (Å²) in [4.78, 5) is 32.7. The maximum atomic E-state index is 13.8. The topological polar surface area (TPSA) is 128 Å². The first-order valence-corrected chi connectivity index (χ1v) is 14.0. The number of methoxy groups -OCH3 is 1. The van der Waals surface area contributed by atoms with Crippen LogP contribution in [0.3, 0.4) is 0 Å². The van der Waals surface area contributed by atoms with Crippen molar-refractivity contribution < 1.29 is 23.5 Å². The number of rotatable bonds is 12. The van der Waals surface area contributed by atoms with Gasteiger partial charge in [-0.25, -0.2) is 0 Å². The first-order chi connectivity index (χ1) is 19.6. The minimum absolute atomic E-state index is 0.110. The maximum absolute atomic E-state index is 13.8. The Morgan fingerprint density at radius 3 is 2.62 bits per heavy atom. The van der Waals surface area contributed by atoms with E-state index in [1.165, 1.54) is 11.1 Å². The molecule has 1 saturated carbocycles. The van der Waals surface area contributed by atoms with Crippen LogP contribution in [0.4, 0.5) is 0 Å². The molecule has 214 valence electrons. The van der Waals surface area contributed by atoms with Crippen molar-refractivity contribution in [1.82, 2.24) is 35.3 Å². The summed E-state index contributed by atoms with van der Waals surface area (Å²) in [6.45, 7) is 4.13. The monoisotopic (exact) mass is 551 g/mol. The average molecular weight is 552 g/mol. The van der Waals surface area contributed by atoms with Gasteiger partial charge < -0.3 is 24.1 Å². The number of hydrogen-bond donors (Lipinski definition) is 1. The zero-order valence-electron chi connectivity index (χ0n) is 22.9. The van der Waals surface area contributed by atoms with Gasteiger partial charge in [-0.3, -0.25) is 14.5 Å². The molecule has 5 rings (SSSR count). The molecule has 2 fully saturated rings. The molecule has 12 heteroatoms. The molecule has 1 aliphatic carbocycles. The van der Waals surface area contributed by atoms with Gasteiger partial charge in [0.15, 0.2) is 6.04 Å². The van der Waals surface area contributed by atoms with Gasteiger partial charge in [0.25, 0.3) is 5.91 Å². The molecule has 3 heterocycles. The Hall–Kier alpha value is -3.77. The fourth-order valence-electron chi connectivity index (χ4n) is 5.29. The van der Waals surface area contributed by atoms with Crippen LogP contribution in [-0.2, 0) is 20.9 Å². The molecular weight excluding hydrogens is 514 g/mol. The number of nitrogens with one attached hydrogen (secondary N) is 1. The number of aromatic nitrogens is 4. The molecule has 2 aliphatic rings. The molecule has 0 spiro atoms. The number of furan rings is 1. The van der Waals surface area contributed by atoms with Gasteiger partial charge >= 0.3 is 0 Å². The molecular formula is C28H37N7O5. The van der Waals surface area contributed by atoms with Crippen molar-refractivity contribution in [2.75, 3.05) is 46.5 Å². The van der Waals surface area contributed by atoms with Gasteiger partial charge in [-0.15, -0.1) is 10.2 Å². The van der Waals surface area contributed by atoms with E-state index in [9.17, 15) is 9.59 Å². The van der Waals surface area contributed by atoms with Crippen LogP contribution >= 0.6 is 0 Å². The zero-order chi connectivity index (χ0) is 27.7. The fourth-order valence-corrected chi connectivity index (χ4v) is 5.29. The standard InChI is InChI=1S/C28H37N7O5/c1-38-23-11-9-21(10-12-23)27-30-32-35(31-27)20-25(36)34(14-5-13-33-15-18-39-19-16-33)26(24-8-4-17-40-24)28(37)29-22-6-2-3-7-22/h4,8-12,17,22,26H,2-3,5-7,13-16,18-20H2,1H3,(H,29,37)/t26-/m0/s1. The Morgan fingerprint density at radius 2 is 1.93 bits per heavy atom. The van der Waals surface area contributed by atoms with Crippen molar-refractivity contribution in [3.63, 3.8) is 0 Å².